The SMILES string of the molecule is COC(=O)C1CCCN1Cc1ccc(NN)nc1. The Bertz CT molecular complexity index is 407. The van der Waals surface area contributed by atoms with E-state index in [1.165, 1.54) is 7.11 Å². The van der Waals surface area contributed by atoms with Crippen molar-refractivity contribution in [2.24, 2.45) is 5.84 Å². The molecule has 18 heavy (non-hydrogen) atoms. The molecule has 1 saturated heterocycles. The van der Waals surface area contributed by atoms with Gasteiger partial charge in [-0.2, -0.15) is 0 Å². The first-order valence-corrected chi connectivity index (χ1v) is 5.98. The maximum absolute atomic E-state index is 11.6. The molecule has 1 aromatic heterocycles. The summed E-state index contributed by atoms with van der Waals surface area (Å²) in [5.74, 6) is 5.74. The predicted molar refractivity (Wildman–Crippen MR) is 67.5 cm³/mol. The van der Waals surface area contributed by atoms with Crippen molar-refractivity contribution in [1.82, 2.24) is 9.88 Å². The fourth-order valence-corrected chi connectivity index (χ4v) is 2.26. The Morgan fingerprint density at radius 3 is 3.11 bits per heavy atom. The molecule has 0 aromatic carbocycles. The van der Waals surface area contributed by atoms with E-state index >= 15 is 0 Å². The molecule has 1 atom stereocenters. The van der Waals surface area contributed by atoms with E-state index < -0.39 is 0 Å². The lowest BCUT2D eigenvalue weighted by Gasteiger charge is -2.22. The van der Waals surface area contributed by atoms with Crippen LogP contribution in [0.1, 0.15) is 18.4 Å². The van der Waals surface area contributed by atoms with Crippen molar-refractivity contribution in [3.8, 4) is 0 Å². The van der Waals surface area contributed by atoms with Crippen LogP contribution in [0.5, 0.6) is 0 Å². The Morgan fingerprint density at radius 2 is 2.50 bits per heavy atom. The van der Waals surface area contributed by atoms with Crippen molar-refractivity contribution in [3.63, 3.8) is 0 Å². The number of pyridine rings is 1. The summed E-state index contributed by atoms with van der Waals surface area (Å²) in [6.07, 6.45) is 3.65. The van der Waals surface area contributed by atoms with Crippen LogP contribution in [-0.2, 0) is 16.1 Å². The Hall–Kier alpha value is -1.66. The maximum Gasteiger partial charge on any atom is 0.323 e. The number of nitrogen functional groups attached to an aromatic ring is 1. The second-order valence-corrected chi connectivity index (χ2v) is 4.35. The number of hydrazine groups is 1. The van der Waals surface area contributed by atoms with Gasteiger partial charge in [0.15, 0.2) is 0 Å². The molecule has 3 N–H and O–H groups in total. The van der Waals surface area contributed by atoms with E-state index in [-0.39, 0.29) is 12.0 Å². The quantitative estimate of drug-likeness (QED) is 0.460. The smallest absolute Gasteiger partial charge is 0.323 e. The first kappa shape index (κ1) is 12.8. The molecule has 0 radical (unpaired) electrons. The fourth-order valence-electron chi connectivity index (χ4n) is 2.26. The molecule has 2 rings (SSSR count). The van der Waals surface area contributed by atoms with Crippen LogP contribution in [0.15, 0.2) is 18.3 Å². The largest absolute Gasteiger partial charge is 0.468 e. The van der Waals surface area contributed by atoms with Gasteiger partial charge in [0.1, 0.15) is 11.9 Å². The zero-order valence-corrected chi connectivity index (χ0v) is 10.4. The molecule has 0 aliphatic carbocycles. The van der Waals surface area contributed by atoms with Crippen molar-refractivity contribution >= 4 is 11.8 Å². The molecule has 98 valence electrons. The average Bonchev–Trinajstić information content (AvgIpc) is 2.87. The third-order valence-corrected chi connectivity index (χ3v) is 3.20. The van der Waals surface area contributed by atoms with Gasteiger partial charge in [-0.15, -0.1) is 0 Å². The number of hydrogen-bond donors (Lipinski definition) is 2. The zero-order chi connectivity index (χ0) is 13.0. The van der Waals surface area contributed by atoms with Crippen molar-refractivity contribution in [2.75, 3.05) is 19.1 Å². The molecule has 1 unspecified atom stereocenters. The number of likely N-dealkylation sites (tertiary alicyclic amines) is 1. The molecule has 1 aromatic rings. The van der Waals surface area contributed by atoms with E-state index in [0.717, 1.165) is 24.9 Å². The number of aromatic nitrogens is 1. The number of hydrogen-bond acceptors (Lipinski definition) is 6. The average molecular weight is 250 g/mol. The molecule has 0 saturated carbocycles. The lowest BCUT2D eigenvalue weighted by Crippen LogP contribution is -2.36. The van der Waals surface area contributed by atoms with Crippen LogP contribution in [0.2, 0.25) is 0 Å². The zero-order valence-electron chi connectivity index (χ0n) is 10.4. The molecule has 6 nitrogen and oxygen atoms in total. The maximum atomic E-state index is 11.6. The number of carbonyl (C=O) groups is 1. The number of anilines is 1. The predicted octanol–water partition coefficient (Wildman–Crippen LogP) is 0.505. The molecule has 0 spiro atoms. The highest BCUT2D eigenvalue weighted by Gasteiger charge is 2.31. The minimum absolute atomic E-state index is 0.123. The van der Waals surface area contributed by atoms with Crippen LogP contribution in [-0.4, -0.2) is 35.5 Å². The number of methoxy groups -OCH3 is 1. The van der Waals surface area contributed by atoms with E-state index in [4.69, 9.17) is 10.6 Å². The molecule has 0 bridgehead atoms. The Morgan fingerprint density at radius 1 is 1.67 bits per heavy atom. The normalized spacial score (nSPS) is 19.8. The number of rotatable bonds is 4. The van der Waals surface area contributed by atoms with Crippen molar-refractivity contribution in [3.05, 3.63) is 23.9 Å². The number of nitrogens with zero attached hydrogens (tertiary/aromatic N) is 2. The summed E-state index contributed by atoms with van der Waals surface area (Å²) >= 11 is 0. The van der Waals surface area contributed by atoms with Crippen LogP contribution in [0.25, 0.3) is 0 Å². The minimum Gasteiger partial charge on any atom is -0.468 e. The van der Waals surface area contributed by atoms with Gasteiger partial charge >= 0.3 is 5.97 Å². The van der Waals surface area contributed by atoms with Crippen LogP contribution >= 0.6 is 0 Å². The highest BCUT2D eigenvalue weighted by Crippen LogP contribution is 2.21. The Labute approximate surface area is 106 Å². The summed E-state index contributed by atoms with van der Waals surface area (Å²) in [7, 11) is 1.43. The molecule has 2 heterocycles. The fraction of sp³-hybridized carbons (Fsp3) is 0.500. The summed E-state index contributed by atoms with van der Waals surface area (Å²) < 4.78 is 4.82. The molecular weight excluding hydrogens is 232 g/mol. The molecule has 1 fully saturated rings. The molecule has 6 heteroatoms. The van der Waals surface area contributed by atoms with Gasteiger partial charge in [0.25, 0.3) is 0 Å². The summed E-state index contributed by atoms with van der Waals surface area (Å²) in [6.45, 7) is 1.62. The summed E-state index contributed by atoms with van der Waals surface area (Å²) in [5.41, 5.74) is 3.55. The van der Waals surface area contributed by atoms with Gasteiger partial charge in [0.05, 0.1) is 7.11 Å². The summed E-state index contributed by atoms with van der Waals surface area (Å²) in [4.78, 5) is 17.9. The Balaban J connectivity index is 2.01. The van der Waals surface area contributed by atoms with Crippen molar-refractivity contribution in [1.29, 1.82) is 0 Å². The second kappa shape index (κ2) is 5.79. The van der Waals surface area contributed by atoms with Crippen LogP contribution in [0.3, 0.4) is 0 Å². The lowest BCUT2D eigenvalue weighted by atomic mass is 10.2. The van der Waals surface area contributed by atoms with Crippen LogP contribution in [0.4, 0.5) is 5.82 Å². The van der Waals surface area contributed by atoms with Crippen LogP contribution in [0, 0.1) is 0 Å². The molecular formula is C12H18N4O2. The Kier molecular flexibility index (Phi) is 4.11. The summed E-state index contributed by atoms with van der Waals surface area (Å²) in [5, 5.41) is 0. The lowest BCUT2D eigenvalue weighted by molar-refractivity contribution is -0.146. The number of nitrogens with one attached hydrogen (secondary N) is 1. The third kappa shape index (κ3) is 2.77. The van der Waals surface area contributed by atoms with Crippen molar-refractivity contribution in [2.45, 2.75) is 25.4 Å². The third-order valence-electron chi connectivity index (χ3n) is 3.20. The van der Waals surface area contributed by atoms with E-state index in [1.807, 2.05) is 12.1 Å². The number of esters is 1. The highest BCUT2D eigenvalue weighted by molar-refractivity contribution is 5.75. The first-order chi connectivity index (χ1) is 8.74. The second-order valence-electron chi connectivity index (χ2n) is 4.35. The van der Waals surface area contributed by atoms with E-state index in [1.54, 1.807) is 6.20 Å². The van der Waals surface area contributed by atoms with Crippen LogP contribution < -0.4 is 11.3 Å². The van der Waals surface area contributed by atoms with Gasteiger partial charge in [-0.3, -0.25) is 9.69 Å². The highest BCUT2D eigenvalue weighted by atomic mass is 16.5. The van der Waals surface area contributed by atoms with Gasteiger partial charge < -0.3 is 10.2 Å². The molecule has 1 aliphatic rings. The van der Waals surface area contributed by atoms with Gasteiger partial charge in [-0.1, -0.05) is 6.07 Å². The molecule has 1 aliphatic heterocycles. The van der Waals surface area contributed by atoms with E-state index in [0.29, 0.717) is 12.4 Å². The van der Waals surface area contributed by atoms with E-state index in [2.05, 4.69) is 15.3 Å². The molecule has 0 amide bonds. The topological polar surface area (TPSA) is 80.5 Å². The van der Waals surface area contributed by atoms with Gasteiger partial charge in [-0.05, 0) is 31.0 Å². The van der Waals surface area contributed by atoms with Gasteiger partial charge in [-0.25, -0.2) is 10.8 Å². The number of nitrogens with two attached hydrogens (primary N) is 1. The number of carbonyl (C=O) groups excluding carboxylic acids is 1. The van der Waals surface area contributed by atoms with E-state index in [9.17, 15) is 4.79 Å². The standard InChI is InChI=1S/C12H18N4O2/c1-18-12(17)10-3-2-6-16(10)8-9-4-5-11(15-13)14-7-9/h4-5,7,10H,2-3,6,8,13H2,1H3,(H,14,15). The first-order valence-electron chi connectivity index (χ1n) is 5.98. The monoisotopic (exact) mass is 250 g/mol. The van der Waals surface area contributed by atoms with Crippen molar-refractivity contribution < 1.29 is 9.53 Å². The summed E-state index contributed by atoms with van der Waals surface area (Å²) in [6, 6.07) is 3.65. The number of ether oxygens (including phenoxy) is 1. The minimum atomic E-state index is -0.152. The van der Waals surface area contributed by atoms with Gasteiger partial charge in [0.2, 0.25) is 0 Å². The van der Waals surface area contributed by atoms with Gasteiger partial charge in [0, 0.05) is 12.7 Å².